The van der Waals surface area contributed by atoms with E-state index < -0.39 is 8.32 Å². The molecule has 0 amide bonds. The summed E-state index contributed by atoms with van der Waals surface area (Å²) in [7, 11) is -1.75. The molecule has 0 bridgehead atoms. The zero-order valence-corrected chi connectivity index (χ0v) is 28.7. The quantitative estimate of drug-likeness (QED) is 0.189. The monoisotopic (exact) mass is 628 g/mol. The second-order valence-electron chi connectivity index (χ2n) is 15.9. The first-order valence-corrected chi connectivity index (χ1v) is 20.8. The Kier molecular flexibility index (Phi) is 7.59. The maximum absolute atomic E-state index is 13.0. The summed E-state index contributed by atoms with van der Waals surface area (Å²) < 4.78 is 14.1. The molecule has 3 nitrogen and oxygen atoms in total. The molecule has 1 aliphatic heterocycles. The van der Waals surface area contributed by atoms with Gasteiger partial charge in [0.15, 0.2) is 8.32 Å². The summed E-state index contributed by atoms with van der Waals surface area (Å²) >= 11 is 0.145. The van der Waals surface area contributed by atoms with Crippen LogP contribution in [0.3, 0.4) is 0 Å². The van der Waals surface area contributed by atoms with Crippen LogP contribution in [0.5, 0.6) is 0 Å². The molecular formula is C35H52O3SeSi. The Morgan fingerprint density at radius 1 is 0.950 bits per heavy atom. The molecule has 4 aliphatic carbocycles. The van der Waals surface area contributed by atoms with E-state index in [0.717, 1.165) is 24.2 Å². The van der Waals surface area contributed by atoms with Crippen molar-refractivity contribution in [1.29, 1.82) is 0 Å². The number of fused-ring (bicyclic) bond motifs is 5. The van der Waals surface area contributed by atoms with E-state index in [-0.39, 0.29) is 30.8 Å². The maximum atomic E-state index is 13.0. The van der Waals surface area contributed by atoms with Gasteiger partial charge in [-0.05, 0) is 18.1 Å². The zero-order chi connectivity index (χ0) is 28.5. The third-order valence-corrected chi connectivity index (χ3v) is 20.3. The third-order valence-electron chi connectivity index (χ3n) is 13.0. The number of benzene rings is 1. The molecule has 40 heavy (non-hydrogen) atoms. The molecule has 0 aromatic heterocycles. The van der Waals surface area contributed by atoms with Crippen molar-refractivity contribution in [3.05, 3.63) is 42.0 Å². The van der Waals surface area contributed by atoms with Gasteiger partial charge in [-0.25, -0.2) is 0 Å². The van der Waals surface area contributed by atoms with Crippen LogP contribution >= 0.6 is 0 Å². The summed E-state index contributed by atoms with van der Waals surface area (Å²) in [5.41, 5.74) is 2.41. The zero-order valence-electron chi connectivity index (χ0n) is 26.0. The first-order valence-electron chi connectivity index (χ1n) is 16.1. The molecule has 0 radical (unpaired) electrons. The van der Waals surface area contributed by atoms with Crippen LogP contribution in [0.4, 0.5) is 0 Å². The summed E-state index contributed by atoms with van der Waals surface area (Å²) in [4.78, 5) is 13.1. The Balaban J connectivity index is 1.19. The Bertz CT molecular complexity index is 1140. The summed E-state index contributed by atoms with van der Waals surface area (Å²) in [6.07, 6.45) is 13.3. The van der Waals surface area contributed by atoms with Gasteiger partial charge in [0.1, 0.15) is 0 Å². The number of carbonyl (C=O) groups excluding carboxylic acids is 1. The molecule has 0 spiro atoms. The van der Waals surface area contributed by atoms with Crippen molar-refractivity contribution in [2.24, 2.45) is 40.4 Å². The molecule has 1 aromatic rings. The van der Waals surface area contributed by atoms with Gasteiger partial charge in [0, 0.05) is 0 Å². The Morgan fingerprint density at radius 2 is 1.65 bits per heavy atom. The van der Waals surface area contributed by atoms with Crippen molar-refractivity contribution in [3.63, 3.8) is 0 Å². The number of hydrogen-bond acceptors (Lipinski definition) is 3. The Hall–Kier alpha value is -0.874. The first kappa shape index (κ1) is 29.2. The fourth-order valence-corrected chi connectivity index (χ4v) is 13.6. The minimum atomic E-state index is -1.75. The van der Waals surface area contributed by atoms with Crippen LogP contribution in [0.1, 0.15) is 86.0 Å². The van der Waals surface area contributed by atoms with E-state index in [1.807, 2.05) is 0 Å². The van der Waals surface area contributed by atoms with Gasteiger partial charge in [-0.2, -0.15) is 0 Å². The van der Waals surface area contributed by atoms with Gasteiger partial charge >= 0.3 is 204 Å². The SMILES string of the molecule is CC(C)(C)[Si](C)(C)O[C@H]1CC[C@@]2(C)C(=CC[C@H]3[C@H]4CC[C@H]([C@@H]5COC(=O)C5[Se]c5ccccc5)[C@@]4(C)CC[C@@H]32)C1. The van der Waals surface area contributed by atoms with Gasteiger partial charge in [-0.3, -0.25) is 0 Å². The van der Waals surface area contributed by atoms with Gasteiger partial charge in [-0.15, -0.1) is 0 Å². The van der Waals surface area contributed by atoms with Crippen molar-refractivity contribution in [1.82, 2.24) is 0 Å². The normalized spacial score (nSPS) is 41.5. The van der Waals surface area contributed by atoms with Crippen molar-refractivity contribution < 1.29 is 14.0 Å². The van der Waals surface area contributed by atoms with E-state index in [0.29, 0.717) is 35.4 Å². The van der Waals surface area contributed by atoms with E-state index in [9.17, 15) is 4.79 Å². The molecular weight excluding hydrogens is 575 g/mol. The van der Waals surface area contributed by atoms with E-state index in [2.05, 4.69) is 84.1 Å². The van der Waals surface area contributed by atoms with Crippen molar-refractivity contribution >= 4 is 33.7 Å². The predicted octanol–water partition coefficient (Wildman–Crippen LogP) is 7.95. The minimum absolute atomic E-state index is 0.0732. The molecule has 6 rings (SSSR count). The van der Waals surface area contributed by atoms with Crippen LogP contribution in [-0.4, -0.2) is 42.0 Å². The van der Waals surface area contributed by atoms with Gasteiger partial charge in [0.05, 0.1) is 0 Å². The molecule has 4 fully saturated rings. The van der Waals surface area contributed by atoms with Gasteiger partial charge < -0.3 is 0 Å². The molecule has 1 heterocycles. The van der Waals surface area contributed by atoms with Crippen LogP contribution < -0.4 is 4.46 Å². The molecule has 220 valence electrons. The Labute approximate surface area is 250 Å². The molecule has 9 atom stereocenters. The van der Waals surface area contributed by atoms with Crippen molar-refractivity contribution in [3.8, 4) is 0 Å². The molecule has 1 unspecified atom stereocenters. The number of hydrogen-bond donors (Lipinski definition) is 0. The Morgan fingerprint density at radius 3 is 2.35 bits per heavy atom. The van der Waals surface area contributed by atoms with Crippen LogP contribution in [0.25, 0.3) is 0 Å². The molecule has 0 N–H and O–H groups in total. The summed E-state index contributed by atoms with van der Waals surface area (Å²) in [5, 5.41) is 0.267. The first-order chi connectivity index (χ1) is 18.8. The number of allylic oxidation sites excluding steroid dienone is 1. The number of rotatable bonds is 5. The van der Waals surface area contributed by atoms with Crippen molar-refractivity contribution in [2.45, 2.75) is 115 Å². The summed E-state index contributed by atoms with van der Waals surface area (Å²) in [6.45, 7) is 17.8. The fourth-order valence-electron chi connectivity index (χ4n) is 9.70. The average molecular weight is 628 g/mol. The van der Waals surface area contributed by atoms with E-state index in [1.54, 1.807) is 5.57 Å². The molecule has 1 saturated heterocycles. The number of esters is 1. The van der Waals surface area contributed by atoms with Crippen molar-refractivity contribution in [2.75, 3.05) is 6.61 Å². The molecule has 5 aliphatic rings. The number of ether oxygens (including phenoxy) is 1. The second kappa shape index (κ2) is 10.4. The van der Waals surface area contributed by atoms with E-state index in [1.165, 1.54) is 49.4 Å². The van der Waals surface area contributed by atoms with Crippen LogP contribution in [0.2, 0.25) is 22.9 Å². The van der Waals surface area contributed by atoms with E-state index in [4.69, 9.17) is 9.16 Å². The molecule has 5 heteroatoms. The summed E-state index contributed by atoms with van der Waals surface area (Å²) in [5.74, 6) is 3.48. The van der Waals surface area contributed by atoms with Gasteiger partial charge in [-0.1, -0.05) is 20.8 Å². The number of carbonyl (C=O) groups is 1. The van der Waals surface area contributed by atoms with Crippen LogP contribution in [-0.2, 0) is 14.0 Å². The predicted molar refractivity (Wildman–Crippen MR) is 167 cm³/mol. The van der Waals surface area contributed by atoms with Gasteiger partial charge in [0.2, 0.25) is 0 Å². The number of cyclic esters (lactones) is 1. The topological polar surface area (TPSA) is 35.5 Å². The average Bonchev–Trinajstić information content (AvgIpc) is 3.43. The molecule has 1 aromatic carbocycles. The summed E-state index contributed by atoms with van der Waals surface area (Å²) in [6, 6.07) is 10.7. The van der Waals surface area contributed by atoms with E-state index >= 15 is 0 Å². The van der Waals surface area contributed by atoms with Gasteiger partial charge in [0.25, 0.3) is 0 Å². The fraction of sp³-hybridized carbons (Fsp3) is 0.743. The molecule has 3 saturated carbocycles. The van der Waals surface area contributed by atoms with Crippen LogP contribution in [0, 0.1) is 40.4 Å². The standard InChI is InChI=1S/C35H52O3SeSi/c1-33(2,3)40(6,7)38-24-17-19-34(4)23(21-24)13-14-26-28-15-16-29(35(28,5)20-18-30(26)34)27-22-37-32(36)31(27)39-25-11-9-8-10-12-25/h8-13,24,26-31H,14-22H2,1-7H3/t24-,26-,27-,28+,29+,30-,31?,34-,35-/m0/s1. The second-order valence-corrected chi connectivity index (χ2v) is 23.2. The third kappa shape index (κ3) is 4.83. The van der Waals surface area contributed by atoms with Crippen LogP contribution in [0.15, 0.2) is 42.0 Å².